The van der Waals surface area contributed by atoms with Gasteiger partial charge in [-0.15, -0.1) is 0 Å². The Labute approximate surface area is 234 Å². The molecule has 3 heterocycles. The standard InChI is InChI=1S/C27H30F3N9O2/c1-31-24-23-25(33-16-32-24)39(17-34-23)21-5-3-19(4-6-21)35-26(40)36-20-13-18(27(28,29)30)14-22(15-20)41-12-11-38-9-7-37(2)8-10-38/h3-6,13-17H,7-12H2,1-2H3,(H,31,32,33)(H2,35,36,40). The highest BCUT2D eigenvalue weighted by atomic mass is 19.4. The maximum absolute atomic E-state index is 13.6. The lowest BCUT2D eigenvalue weighted by Crippen LogP contribution is -2.45. The van der Waals surface area contributed by atoms with E-state index in [-0.39, 0.29) is 18.0 Å². The number of fused-ring (bicyclic) bond motifs is 1. The highest BCUT2D eigenvalue weighted by Gasteiger charge is 2.31. The third-order valence-corrected chi connectivity index (χ3v) is 6.74. The molecule has 1 saturated heterocycles. The summed E-state index contributed by atoms with van der Waals surface area (Å²) >= 11 is 0. The summed E-state index contributed by atoms with van der Waals surface area (Å²) in [6.45, 7) is 4.45. The Hall–Kier alpha value is -4.43. The number of nitrogens with one attached hydrogen (secondary N) is 3. The van der Waals surface area contributed by atoms with Gasteiger partial charge < -0.3 is 25.6 Å². The topological polar surface area (TPSA) is 112 Å². The molecule has 11 nitrogen and oxygen atoms in total. The van der Waals surface area contributed by atoms with E-state index < -0.39 is 17.8 Å². The van der Waals surface area contributed by atoms with Crippen LogP contribution in [0.25, 0.3) is 16.9 Å². The first-order valence-corrected chi connectivity index (χ1v) is 13.0. The summed E-state index contributed by atoms with van der Waals surface area (Å²) in [7, 11) is 3.80. The molecule has 4 aromatic rings. The first kappa shape index (κ1) is 28.1. The van der Waals surface area contributed by atoms with Crippen molar-refractivity contribution in [2.24, 2.45) is 0 Å². The smallest absolute Gasteiger partial charge is 0.416 e. The van der Waals surface area contributed by atoms with Crippen molar-refractivity contribution in [3.05, 3.63) is 60.7 Å². The molecule has 1 fully saturated rings. The van der Waals surface area contributed by atoms with E-state index in [4.69, 9.17) is 4.74 Å². The van der Waals surface area contributed by atoms with Crippen molar-refractivity contribution >= 4 is 34.4 Å². The van der Waals surface area contributed by atoms with Crippen LogP contribution in [0.5, 0.6) is 5.75 Å². The molecule has 2 aromatic heterocycles. The lowest BCUT2D eigenvalue weighted by Gasteiger charge is -2.32. The number of urea groups is 1. The van der Waals surface area contributed by atoms with Crippen LogP contribution in [0.15, 0.2) is 55.1 Å². The number of nitrogens with zero attached hydrogens (tertiary/aromatic N) is 6. The molecule has 14 heteroatoms. The number of hydrogen-bond acceptors (Lipinski definition) is 8. The fraction of sp³-hybridized carbons (Fsp3) is 0.333. The van der Waals surface area contributed by atoms with E-state index >= 15 is 0 Å². The number of piperazine rings is 1. The molecule has 0 bridgehead atoms. The SMILES string of the molecule is CNc1ncnc2c1ncn2-c1ccc(NC(=O)Nc2cc(OCCN3CCN(C)CC3)cc(C(F)(F)F)c2)cc1. The Bertz CT molecular complexity index is 1500. The number of halogens is 3. The van der Waals surface area contributed by atoms with E-state index in [0.717, 1.165) is 44.0 Å². The third kappa shape index (κ3) is 6.84. The Morgan fingerprint density at radius 1 is 0.976 bits per heavy atom. The normalized spacial score (nSPS) is 14.7. The number of rotatable bonds is 8. The Morgan fingerprint density at radius 3 is 2.41 bits per heavy atom. The van der Waals surface area contributed by atoms with Gasteiger partial charge in [-0.3, -0.25) is 9.47 Å². The molecule has 0 saturated carbocycles. The van der Waals surface area contributed by atoms with Crippen LogP contribution in [0, 0.1) is 0 Å². The van der Waals surface area contributed by atoms with Crippen molar-refractivity contribution in [1.29, 1.82) is 0 Å². The van der Waals surface area contributed by atoms with Gasteiger partial charge in [0.1, 0.15) is 25.0 Å². The minimum absolute atomic E-state index is 0.0337. The molecular formula is C27H30F3N9O2. The van der Waals surface area contributed by atoms with Gasteiger partial charge in [-0.25, -0.2) is 19.7 Å². The average Bonchev–Trinajstić information content (AvgIpc) is 3.38. The van der Waals surface area contributed by atoms with Crippen LogP contribution in [-0.2, 0) is 6.18 Å². The van der Waals surface area contributed by atoms with Gasteiger partial charge in [-0.05, 0) is 43.4 Å². The molecule has 5 rings (SSSR count). The zero-order chi connectivity index (χ0) is 29.0. The minimum atomic E-state index is -4.60. The lowest BCUT2D eigenvalue weighted by atomic mass is 10.2. The molecule has 1 aliphatic rings. The molecule has 2 amide bonds. The lowest BCUT2D eigenvalue weighted by molar-refractivity contribution is -0.137. The van der Waals surface area contributed by atoms with Crippen molar-refractivity contribution in [1.82, 2.24) is 29.3 Å². The second kappa shape index (κ2) is 12.0. The highest BCUT2D eigenvalue weighted by Crippen LogP contribution is 2.34. The first-order valence-electron chi connectivity index (χ1n) is 13.0. The van der Waals surface area contributed by atoms with Crippen molar-refractivity contribution in [2.45, 2.75) is 6.18 Å². The van der Waals surface area contributed by atoms with Gasteiger partial charge in [0, 0.05) is 62.9 Å². The van der Waals surface area contributed by atoms with Crippen LogP contribution in [0.2, 0.25) is 0 Å². The number of carbonyl (C=O) groups excluding carboxylic acids is 1. The van der Waals surface area contributed by atoms with E-state index in [2.05, 4.69) is 47.7 Å². The van der Waals surface area contributed by atoms with Crippen molar-refractivity contribution < 1.29 is 22.7 Å². The number of amides is 2. The van der Waals surface area contributed by atoms with Gasteiger partial charge in [0.2, 0.25) is 0 Å². The Kier molecular flexibility index (Phi) is 8.21. The van der Waals surface area contributed by atoms with Gasteiger partial charge >= 0.3 is 12.2 Å². The summed E-state index contributed by atoms with van der Waals surface area (Å²) in [5.74, 6) is 0.633. The van der Waals surface area contributed by atoms with Crippen molar-refractivity contribution in [3.8, 4) is 11.4 Å². The zero-order valence-corrected chi connectivity index (χ0v) is 22.6. The number of benzene rings is 2. The third-order valence-electron chi connectivity index (χ3n) is 6.74. The number of imidazole rings is 1. The molecule has 0 aliphatic carbocycles. The number of likely N-dealkylation sites (N-methyl/N-ethyl adjacent to an activating group) is 1. The van der Waals surface area contributed by atoms with Gasteiger partial charge in [-0.2, -0.15) is 13.2 Å². The molecule has 0 unspecified atom stereocenters. The minimum Gasteiger partial charge on any atom is -0.492 e. The van der Waals surface area contributed by atoms with Crippen LogP contribution < -0.4 is 20.7 Å². The Morgan fingerprint density at radius 2 is 1.71 bits per heavy atom. The van der Waals surface area contributed by atoms with Crippen LogP contribution in [0.1, 0.15) is 5.56 Å². The second-order valence-electron chi connectivity index (χ2n) is 9.62. The van der Waals surface area contributed by atoms with Crippen LogP contribution in [0.4, 0.5) is 35.2 Å². The first-order chi connectivity index (χ1) is 19.7. The molecule has 41 heavy (non-hydrogen) atoms. The fourth-order valence-corrected chi connectivity index (χ4v) is 4.49. The number of hydrogen-bond donors (Lipinski definition) is 3. The van der Waals surface area contributed by atoms with E-state index in [1.54, 1.807) is 42.2 Å². The maximum Gasteiger partial charge on any atom is 0.416 e. The highest BCUT2D eigenvalue weighted by molar-refractivity contribution is 6.00. The molecule has 3 N–H and O–H groups in total. The van der Waals surface area contributed by atoms with E-state index in [1.165, 1.54) is 12.4 Å². The average molecular weight is 570 g/mol. The predicted octanol–water partition coefficient (Wildman–Crippen LogP) is 4.15. The molecule has 2 aromatic carbocycles. The van der Waals surface area contributed by atoms with Crippen molar-refractivity contribution in [2.75, 3.05) is 69.4 Å². The van der Waals surface area contributed by atoms with E-state index in [1.807, 2.05) is 0 Å². The molecular weight excluding hydrogens is 539 g/mol. The fourth-order valence-electron chi connectivity index (χ4n) is 4.49. The number of carbonyl (C=O) groups is 1. The number of anilines is 3. The van der Waals surface area contributed by atoms with Crippen LogP contribution in [-0.4, -0.2) is 88.8 Å². The quantitative estimate of drug-likeness (QED) is 0.290. The van der Waals surface area contributed by atoms with Gasteiger partial charge in [0.25, 0.3) is 0 Å². The van der Waals surface area contributed by atoms with Crippen molar-refractivity contribution in [3.63, 3.8) is 0 Å². The molecule has 0 radical (unpaired) electrons. The van der Waals surface area contributed by atoms with E-state index in [9.17, 15) is 18.0 Å². The summed E-state index contributed by atoms with van der Waals surface area (Å²) in [5, 5.41) is 8.09. The van der Waals surface area contributed by atoms with Gasteiger partial charge in [0.05, 0.1) is 5.56 Å². The van der Waals surface area contributed by atoms with Crippen LogP contribution >= 0.6 is 0 Å². The molecule has 0 atom stereocenters. The summed E-state index contributed by atoms with van der Waals surface area (Å²) in [6.07, 6.45) is -1.55. The number of alkyl halides is 3. The monoisotopic (exact) mass is 569 g/mol. The maximum atomic E-state index is 13.6. The molecule has 216 valence electrons. The summed E-state index contributed by atoms with van der Waals surface area (Å²) in [6, 6.07) is 9.35. The number of ether oxygens (including phenoxy) is 1. The molecule has 0 spiro atoms. The number of aromatic nitrogens is 4. The summed E-state index contributed by atoms with van der Waals surface area (Å²) in [4.78, 5) is 29.9. The predicted molar refractivity (Wildman–Crippen MR) is 150 cm³/mol. The van der Waals surface area contributed by atoms with E-state index in [0.29, 0.717) is 29.2 Å². The largest absolute Gasteiger partial charge is 0.492 e. The second-order valence-corrected chi connectivity index (χ2v) is 9.62. The zero-order valence-electron chi connectivity index (χ0n) is 22.6. The Balaban J connectivity index is 1.23. The van der Waals surface area contributed by atoms with Crippen LogP contribution in [0.3, 0.4) is 0 Å². The summed E-state index contributed by atoms with van der Waals surface area (Å²) < 4.78 is 48.1. The summed E-state index contributed by atoms with van der Waals surface area (Å²) in [5.41, 5.74) is 1.46. The van der Waals surface area contributed by atoms with Gasteiger partial charge in [-0.1, -0.05) is 0 Å². The molecule has 1 aliphatic heterocycles. The van der Waals surface area contributed by atoms with Gasteiger partial charge in [0.15, 0.2) is 17.0 Å².